The van der Waals surface area contributed by atoms with Crippen molar-refractivity contribution in [2.24, 2.45) is 0 Å². The van der Waals surface area contributed by atoms with E-state index in [1.807, 2.05) is 83.8 Å². The van der Waals surface area contributed by atoms with Gasteiger partial charge in [0.1, 0.15) is 0 Å². The quantitative estimate of drug-likeness (QED) is 0.409. The highest BCUT2D eigenvalue weighted by Gasteiger charge is 2.34. The molecule has 0 aliphatic carbocycles. The summed E-state index contributed by atoms with van der Waals surface area (Å²) in [6.45, 7) is 2.39. The maximum Gasteiger partial charge on any atom is 0.337 e. The maximum atomic E-state index is 12.5. The molecule has 0 fully saturated rings. The Bertz CT molecular complexity index is 948. The van der Waals surface area contributed by atoms with E-state index in [9.17, 15) is 9.90 Å². The standard InChI is InChI=1S/C24H23BrClNO3/c1-2-30-24(29)23(28)22(18-6-4-3-5-7-18)27(21-14-10-19(25)11-15-21)16-17-8-12-20(26)13-9-17/h3-15,22-23,28H,2,16H2,1H3/t22-,23-/m0/s1. The van der Waals surface area contributed by atoms with E-state index < -0.39 is 18.1 Å². The number of esters is 1. The summed E-state index contributed by atoms with van der Waals surface area (Å²) in [5.74, 6) is -0.649. The second kappa shape index (κ2) is 10.6. The zero-order chi connectivity index (χ0) is 21.5. The van der Waals surface area contributed by atoms with Gasteiger partial charge in [0.25, 0.3) is 0 Å². The summed E-state index contributed by atoms with van der Waals surface area (Å²) in [6, 6.07) is 24.2. The van der Waals surface area contributed by atoms with Crippen LogP contribution in [0, 0.1) is 0 Å². The monoisotopic (exact) mass is 487 g/mol. The largest absolute Gasteiger partial charge is 0.464 e. The Morgan fingerprint density at radius 1 is 1.03 bits per heavy atom. The number of carbonyl (C=O) groups is 1. The zero-order valence-corrected chi connectivity index (χ0v) is 18.9. The molecule has 0 aliphatic rings. The molecule has 0 amide bonds. The highest BCUT2D eigenvalue weighted by Crippen LogP contribution is 2.33. The minimum atomic E-state index is -1.36. The number of anilines is 1. The molecular weight excluding hydrogens is 466 g/mol. The first kappa shape index (κ1) is 22.3. The molecule has 0 heterocycles. The van der Waals surface area contributed by atoms with Crippen LogP contribution in [0.5, 0.6) is 0 Å². The van der Waals surface area contributed by atoms with Crippen LogP contribution in [0.15, 0.2) is 83.3 Å². The molecule has 3 aromatic carbocycles. The van der Waals surface area contributed by atoms with Gasteiger partial charge in [-0.1, -0.05) is 70.0 Å². The van der Waals surface area contributed by atoms with Crippen LogP contribution in [-0.4, -0.2) is 23.8 Å². The number of aliphatic hydroxyl groups excluding tert-OH is 1. The van der Waals surface area contributed by atoms with E-state index in [0.717, 1.165) is 21.3 Å². The molecule has 0 saturated carbocycles. The number of halogens is 2. The topological polar surface area (TPSA) is 49.8 Å². The van der Waals surface area contributed by atoms with Gasteiger partial charge in [0, 0.05) is 21.7 Å². The van der Waals surface area contributed by atoms with Crippen molar-refractivity contribution in [3.8, 4) is 0 Å². The van der Waals surface area contributed by atoms with Gasteiger partial charge in [-0.3, -0.25) is 0 Å². The Balaban J connectivity index is 2.08. The highest BCUT2D eigenvalue weighted by atomic mass is 79.9. The van der Waals surface area contributed by atoms with Crippen molar-refractivity contribution in [3.63, 3.8) is 0 Å². The van der Waals surface area contributed by atoms with Crippen LogP contribution < -0.4 is 4.90 Å². The molecule has 4 nitrogen and oxygen atoms in total. The van der Waals surface area contributed by atoms with E-state index in [0.29, 0.717) is 11.6 Å². The van der Waals surface area contributed by atoms with Gasteiger partial charge in [0.15, 0.2) is 6.10 Å². The zero-order valence-electron chi connectivity index (χ0n) is 16.5. The van der Waals surface area contributed by atoms with E-state index in [2.05, 4.69) is 15.9 Å². The smallest absolute Gasteiger partial charge is 0.337 e. The normalized spacial score (nSPS) is 12.8. The lowest BCUT2D eigenvalue weighted by atomic mass is 9.97. The molecule has 0 bridgehead atoms. The maximum absolute atomic E-state index is 12.5. The van der Waals surface area contributed by atoms with Crippen LogP contribution in [0.4, 0.5) is 5.69 Å². The van der Waals surface area contributed by atoms with Crippen LogP contribution in [0.2, 0.25) is 5.02 Å². The van der Waals surface area contributed by atoms with E-state index in [4.69, 9.17) is 16.3 Å². The SMILES string of the molecule is CCOC(=O)[C@@H](O)[C@H](c1ccccc1)N(Cc1ccc(Cl)cc1)c1ccc(Br)cc1. The third-order valence-corrected chi connectivity index (χ3v) is 5.51. The van der Waals surface area contributed by atoms with Crippen molar-refractivity contribution in [3.05, 3.63) is 99.5 Å². The number of carbonyl (C=O) groups excluding carboxylic acids is 1. The lowest BCUT2D eigenvalue weighted by Gasteiger charge is -2.36. The lowest BCUT2D eigenvalue weighted by molar-refractivity contribution is -0.154. The summed E-state index contributed by atoms with van der Waals surface area (Å²) in [5, 5.41) is 11.7. The van der Waals surface area contributed by atoms with Gasteiger partial charge in [0.05, 0.1) is 12.6 Å². The average molecular weight is 489 g/mol. The molecule has 0 aromatic heterocycles. The number of benzene rings is 3. The van der Waals surface area contributed by atoms with Gasteiger partial charge in [-0.2, -0.15) is 0 Å². The molecule has 156 valence electrons. The van der Waals surface area contributed by atoms with Crippen LogP contribution in [0.1, 0.15) is 24.1 Å². The summed E-state index contributed by atoms with van der Waals surface area (Å²) in [6.07, 6.45) is -1.36. The van der Waals surface area contributed by atoms with E-state index in [1.54, 1.807) is 6.92 Å². The molecule has 2 atom stereocenters. The van der Waals surface area contributed by atoms with Gasteiger partial charge in [-0.15, -0.1) is 0 Å². The fraction of sp³-hybridized carbons (Fsp3) is 0.208. The average Bonchev–Trinajstić information content (AvgIpc) is 2.76. The molecular formula is C24H23BrClNO3. The number of rotatable bonds is 8. The summed E-state index contributed by atoms with van der Waals surface area (Å²) in [4.78, 5) is 14.5. The van der Waals surface area contributed by atoms with Gasteiger partial charge >= 0.3 is 5.97 Å². The van der Waals surface area contributed by atoms with Crippen LogP contribution in [0.3, 0.4) is 0 Å². The lowest BCUT2D eigenvalue weighted by Crippen LogP contribution is -2.41. The fourth-order valence-electron chi connectivity index (χ4n) is 3.31. The van der Waals surface area contributed by atoms with Crippen LogP contribution >= 0.6 is 27.5 Å². The van der Waals surface area contributed by atoms with Crippen molar-refractivity contribution in [1.29, 1.82) is 0 Å². The molecule has 0 unspecified atom stereocenters. The first-order valence-electron chi connectivity index (χ1n) is 9.66. The Kier molecular flexibility index (Phi) is 7.91. The molecule has 1 N–H and O–H groups in total. The van der Waals surface area contributed by atoms with Crippen molar-refractivity contribution in [2.45, 2.75) is 25.6 Å². The molecule has 3 rings (SSSR count). The van der Waals surface area contributed by atoms with E-state index in [1.165, 1.54) is 0 Å². The Labute approximate surface area is 190 Å². The summed E-state index contributed by atoms with van der Waals surface area (Å²) in [5.41, 5.74) is 2.68. The van der Waals surface area contributed by atoms with Gasteiger partial charge in [-0.25, -0.2) is 4.79 Å². The summed E-state index contributed by atoms with van der Waals surface area (Å²) >= 11 is 9.52. The first-order valence-corrected chi connectivity index (χ1v) is 10.8. The predicted molar refractivity (Wildman–Crippen MR) is 124 cm³/mol. The minimum absolute atomic E-state index is 0.201. The number of aliphatic hydroxyl groups is 1. The number of nitrogens with zero attached hydrogens (tertiary/aromatic N) is 1. The molecule has 0 saturated heterocycles. The van der Waals surface area contributed by atoms with Crippen molar-refractivity contribution >= 4 is 39.2 Å². The molecule has 0 spiro atoms. The second-order valence-corrected chi connectivity index (χ2v) is 8.14. The van der Waals surface area contributed by atoms with E-state index in [-0.39, 0.29) is 6.61 Å². The number of ether oxygens (including phenoxy) is 1. The summed E-state index contributed by atoms with van der Waals surface area (Å²) in [7, 11) is 0. The first-order chi connectivity index (χ1) is 14.5. The number of hydrogen-bond donors (Lipinski definition) is 1. The van der Waals surface area contributed by atoms with Gasteiger partial charge in [-0.05, 0) is 54.4 Å². The molecule has 0 aliphatic heterocycles. The third kappa shape index (κ3) is 5.63. The van der Waals surface area contributed by atoms with Crippen LogP contribution in [0.25, 0.3) is 0 Å². The predicted octanol–water partition coefficient (Wildman–Crippen LogP) is 5.77. The van der Waals surface area contributed by atoms with Crippen molar-refractivity contribution < 1.29 is 14.6 Å². The van der Waals surface area contributed by atoms with Crippen molar-refractivity contribution in [2.75, 3.05) is 11.5 Å². The number of hydrogen-bond acceptors (Lipinski definition) is 4. The molecule has 0 radical (unpaired) electrons. The fourth-order valence-corrected chi connectivity index (χ4v) is 3.70. The Morgan fingerprint density at radius 2 is 1.67 bits per heavy atom. The second-order valence-electron chi connectivity index (χ2n) is 6.78. The third-order valence-electron chi connectivity index (χ3n) is 4.73. The van der Waals surface area contributed by atoms with Gasteiger partial charge < -0.3 is 14.7 Å². The van der Waals surface area contributed by atoms with Gasteiger partial charge in [0.2, 0.25) is 0 Å². The minimum Gasteiger partial charge on any atom is -0.464 e. The van der Waals surface area contributed by atoms with Crippen LogP contribution in [-0.2, 0) is 16.1 Å². The Hall–Kier alpha value is -2.34. The molecule has 30 heavy (non-hydrogen) atoms. The summed E-state index contributed by atoms with van der Waals surface area (Å²) < 4.78 is 6.08. The molecule has 3 aromatic rings. The highest BCUT2D eigenvalue weighted by molar-refractivity contribution is 9.10. The Morgan fingerprint density at radius 3 is 2.27 bits per heavy atom. The van der Waals surface area contributed by atoms with E-state index >= 15 is 0 Å². The molecule has 6 heteroatoms. The van der Waals surface area contributed by atoms with Crippen molar-refractivity contribution in [1.82, 2.24) is 0 Å².